The fourth-order valence-corrected chi connectivity index (χ4v) is 3.92. The van der Waals surface area contributed by atoms with Crippen LogP contribution in [0.1, 0.15) is 38.2 Å². The molecule has 1 aromatic heterocycles. The van der Waals surface area contributed by atoms with Crippen molar-refractivity contribution in [3.05, 3.63) is 83.2 Å². The van der Waals surface area contributed by atoms with Crippen LogP contribution in [0.2, 0.25) is 5.02 Å². The summed E-state index contributed by atoms with van der Waals surface area (Å²) in [6.45, 7) is 5.71. The van der Waals surface area contributed by atoms with Crippen LogP contribution in [0.3, 0.4) is 0 Å². The van der Waals surface area contributed by atoms with Crippen molar-refractivity contribution in [2.45, 2.75) is 45.1 Å². The van der Waals surface area contributed by atoms with Gasteiger partial charge >= 0.3 is 12.1 Å². The third kappa shape index (κ3) is 5.63. The molecule has 2 heterocycles. The van der Waals surface area contributed by atoms with E-state index in [4.69, 9.17) is 21.1 Å². The van der Waals surface area contributed by atoms with Gasteiger partial charge in [-0.05, 0) is 44.5 Å². The number of nitrogens with zero attached hydrogens (tertiary/aromatic N) is 3. The van der Waals surface area contributed by atoms with Crippen molar-refractivity contribution in [1.82, 2.24) is 19.8 Å². The maximum atomic E-state index is 13.7. The van der Waals surface area contributed by atoms with Gasteiger partial charge in [0, 0.05) is 18.1 Å². The van der Waals surface area contributed by atoms with Crippen molar-refractivity contribution >= 4 is 23.7 Å². The number of imidazole rings is 1. The van der Waals surface area contributed by atoms with Gasteiger partial charge in [0.2, 0.25) is 0 Å². The van der Waals surface area contributed by atoms with Crippen LogP contribution in [0, 0.1) is 5.82 Å². The number of aromatic nitrogens is 2. The molecular weight excluding hydrogens is 475 g/mol. The van der Waals surface area contributed by atoms with Gasteiger partial charge in [-0.2, -0.15) is 0 Å². The molecule has 2 aromatic carbocycles. The Morgan fingerprint density at radius 2 is 1.94 bits per heavy atom. The topological polar surface area (TPSA) is 85.7 Å². The Kier molecular flexibility index (Phi) is 7.09. The third-order valence-electron chi connectivity index (χ3n) is 5.43. The minimum atomic E-state index is -0.792. The molecule has 10 heteroatoms. The first kappa shape index (κ1) is 24.7. The Hall–Kier alpha value is -3.43. The number of nitrogens with one attached hydrogen (secondary N) is 1. The van der Waals surface area contributed by atoms with E-state index in [1.807, 2.05) is 51.1 Å². The lowest BCUT2D eigenvalue weighted by molar-refractivity contribution is -0.0283. The number of hydrogen-bond donors (Lipinski definition) is 1. The zero-order valence-electron chi connectivity index (χ0n) is 19.6. The van der Waals surface area contributed by atoms with Crippen LogP contribution in [0.25, 0.3) is 5.69 Å². The van der Waals surface area contributed by atoms with Gasteiger partial charge in [0.15, 0.2) is 0 Å². The molecule has 1 fully saturated rings. The molecule has 0 aliphatic carbocycles. The van der Waals surface area contributed by atoms with Gasteiger partial charge in [0.25, 0.3) is 0 Å². The molecule has 1 saturated heterocycles. The summed E-state index contributed by atoms with van der Waals surface area (Å²) in [7, 11) is 0. The van der Waals surface area contributed by atoms with E-state index in [2.05, 4.69) is 10.3 Å². The standard InChI is InChI=1S/C25H26ClFN4O4/c1-25(2,3)35-15-20-21(22-28-11-12-30(22)17-9-10-19(27)18(26)13-17)29-23(32)31(20)24(33)34-14-16-7-5-4-6-8-16/h4-13,20-21H,14-15H2,1-3H3,(H,29,32)/t20-,21-/m0/s1. The highest BCUT2D eigenvalue weighted by Crippen LogP contribution is 2.31. The van der Waals surface area contributed by atoms with E-state index in [9.17, 15) is 14.0 Å². The lowest BCUT2D eigenvalue weighted by Gasteiger charge is -2.28. The summed E-state index contributed by atoms with van der Waals surface area (Å²) in [5.74, 6) is -0.114. The quantitative estimate of drug-likeness (QED) is 0.499. The maximum absolute atomic E-state index is 13.7. The number of urea groups is 1. The van der Waals surface area contributed by atoms with Gasteiger partial charge in [0.1, 0.15) is 24.3 Å². The van der Waals surface area contributed by atoms with Crippen molar-refractivity contribution < 1.29 is 23.5 Å². The second kappa shape index (κ2) is 10.1. The summed E-state index contributed by atoms with van der Waals surface area (Å²) in [4.78, 5) is 31.4. The molecule has 184 valence electrons. The van der Waals surface area contributed by atoms with E-state index in [0.717, 1.165) is 10.5 Å². The summed E-state index contributed by atoms with van der Waals surface area (Å²) < 4.78 is 26.8. The highest BCUT2D eigenvalue weighted by Gasteiger charge is 2.47. The van der Waals surface area contributed by atoms with Gasteiger partial charge in [-0.25, -0.2) is 23.9 Å². The zero-order chi connectivity index (χ0) is 25.2. The molecule has 0 radical (unpaired) electrons. The number of imide groups is 1. The van der Waals surface area contributed by atoms with Crippen molar-refractivity contribution in [3.8, 4) is 5.69 Å². The molecule has 8 nitrogen and oxygen atoms in total. The minimum Gasteiger partial charge on any atom is -0.444 e. The third-order valence-corrected chi connectivity index (χ3v) is 5.72. The van der Waals surface area contributed by atoms with E-state index < -0.39 is 35.6 Å². The first-order valence-electron chi connectivity index (χ1n) is 11.1. The van der Waals surface area contributed by atoms with Crippen LogP contribution in [-0.2, 0) is 16.1 Å². The predicted octanol–water partition coefficient (Wildman–Crippen LogP) is 5.25. The van der Waals surface area contributed by atoms with Crippen molar-refractivity contribution in [1.29, 1.82) is 0 Å². The fraction of sp³-hybridized carbons (Fsp3) is 0.320. The summed E-state index contributed by atoms with van der Waals surface area (Å²) >= 11 is 5.98. The summed E-state index contributed by atoms with van der Waals surface area (Å²) in [5, 5.41) is 2.78. The first-order valence-corrected chi connectivity index (χ1v) is 11.4. The lowest BCUT2D eigenvalue weighted by Crippen LogP contribution is -2.44. The Morgan fingerprint density at radius 1 is 1.20 bits per heavy atom. The summed E-state index contributed by atoms with van der Waals surface area (Å²) in [5.41, 5.74) is 0.831. The zero-order valence-corrected chi connectivity index (χ0v) is 20.3. The Morgan fingerprint density at radius 3 is 2.63 bits per heavy atom. The van der Waals surface area contributed by atoms with Crippen LogP contribution < -0.4 is 5.32 Å². The molecule has 1 aliphatic heterocycles. The number of benzene rings is 2. The molecule has 0 saturated carbocycles. The molecule has 3 aromatic rings. The van der Waals surface area contributed by atoms with E-state index in [-0.39, 0.29) is 18.2 Å². The van der Waals surface area contributed by atoms with Crippen LogP contribution in [0.4, 0.5) is 14.0 Å². The first-order chi connectivity index (χ1) is 16.6. The van der Waals surface area contributed by atoms with Gasteiger partial charge in [-0.3, -0.25) is 0 Å². The monoisotopic (exact) mass is 500 g/mol. The Labute approximate surface area is 207 Å². The summed E-state index contributed by atoms with van der Waals surface area (Å²) in [6, 6.07) is 11.4. The fourth-order valence-electron chi connectivity index (χ4n) is 3.75. The number of carbonyl (C=O) groups is 2. The molecular formula is C25H26ClFN4O4. The van der Waals surface area contributed by atoms with Crippen LogP contribution >= 0.6 is 11.6 Å². The highest BCUT2D eigenvalue weighted by atomic mass is 35.5. The Bertz CT molecular complexity index is 1210. The number of carbonyl (C=O) groups excluding carboxylic acids is 2. The largest absolute Gasteiger partial charge is 0.444 e. The molecule has 4 rings (SSSR count). The number of rotatable bonds is 6. The molecule has 1 aliphatic rings. The van der Waals surface area contributed by atoms with E-state index in [1.54, 1.807) is 23.0 Å². The minimum absolute atomic E-state index is 0.0175. The molecule has 0 bridgehead atoms. The van der Waals surface area contributed by atoms with Crippen LogP contribution in [-0.4, -0.2) is 44.8 Å². The number of halogens is 2. The average Bonchev–Trinajstić information content (AvgIpc) is 3.42. The maximum Gasteiger partial charge on any atom is 0.418 e. The summed E-state index contributed by atoms with van der Waals surface area (Å²) in [6.07, 6.45) is 2.43. The van der Waals surface area contributed by atoms with Gasteiger partial charge in [-0.1, -0.05) is 41.9 Å². The van der Waals surface area contributed by atoms with Gasteiger partial charge in [-0.15, -0.1) is 0 Å². The van der Waals surface area contributed by atoms with Crippen molar-refractivity contribution in [2.75, 3.05) is 6.61 Å². The number of hydrogen-bond acceptors (Lipinski definition) is 5. The van der Waals surface area contributed by atoms with E-state index in [0.29, 0.717) is 11.5 Å². The van der Waals surface area contributed by atoms with Crippen LogP contribution in [0.5, 0.6) is 0 Å². The molecule has 0 spiro atoms. The highest BCUT2D eigenvalue weighted by molar-refractivity contribution is 6.30. The normalized spacial score (nSPS) is 18.0. The van der Waals surface area contributed by atoms with Gasteiger partial charge in [0.05, 0.1) is 23.3 Å². The molecule has 2 atom stereocenters. The Balaban J connectivity index is 1.63. The molecule has 3 amide bonds. The SMILES string of the molecule is CC(C)(C)OC[C@H]1[C@@H](c2nccn2-c2ccc(F)c(Cl)c2)NC(=O)N1C(=O)OCc1ccccc1. The second-order valence-corrected chi connectivity index (χ2v) is 9.49. The van der Waals surface area contributed by atoms with Crippen molar-refractivity contribution in [3.63, 3.8) is 0 Å². The average molecular weight is 501 g/mol. The molecule has 0 unspecified atom stereocenters. The second-order valence-electron chi connectivity index (χ2n) is 9.08. The number of ether oxygens (including phenoxy) is 2. The predicted molar refractivity (Wildman–Crippen MR) is 128 cm³/mol. The lowest BCUT2D eigenvalue weighted by atomic mass is 10.1. The smallest absolute Gasteiger partial charge is 0.418 e. The van der Waals surface area contributed by atoms with Crippen molar-refractivity contribution in [2.24, 2.45) is 0 Å². The molecule has 35 heavy (non-hydrogen) atoms. The van der Waals surface area contributed by atoms with E-state index >= 15 is 0 Å². The molecule has 1 N–H and O–H groups in total. The number of amides is 3. The van der Waals surface area contributed by atoms with E-state index in [1.165, 1.54) is 12.1 Å². The van der Waals surface area contributed by atoms with Crippen LogP contribution in [0.15, 0.2) is 60.9 Å². The van der Waals surface area contributed by atoms with Gasteiger partial charge < -0.3 is 19.4 Å².